The number of hydrogen-bond acceptors (Lipinski definition) is 4. The number of nitrogens with one attached hydrogen (secondary N) is 1. The molecule has 1 aromatic heterocycles. The van der Waals surface area contributed by atoms with E-state index in [-0.39, 0.29) is 29.8 Å². The van der Waals surface area contributed by atoms with Crippen molar-refractivity contribution < 1.29 is 4.79 Å². The fraction of sp³-hybridized carbons (Fsp3) is 0.714. The van der Waals surface area contributed by atoms with E-state index in [1.807, 2.05) is 6.92 Å². The third kappa shape index (κ3) is 4.17. The van der Waals surface area contributed by atoms with Gasteiger partial charge in [0.2, 0.25) is 0 Å². The van der Waals surface area contributed by atoms with Crippen molar-refractivity contribution in [3.63, 3.8) is 0 Å². The molecule has 0 aliphatic heterocycles. The molecule has 1 amide bonds. The lowest BCUT2D eigenvalue weighted by Crippen LogP contribution is -2.38. The molecule has 1 atom stereocenters. The third-order valence-corrected chi connectivity index (χ3v) is 4.95. The van der Waals surface area contributed by atoms with Gasteiger partial charge in [-0.1, -0.05) is 20.8 Å². The molecule has 1 heterocycles. The summed E-state index contributed by atoms with van der Waals surface area (Å²) in [6.07, 6.45) is 2.40. The molecule has 1 aromatic rings. The number of nitrogens with two attached hydrogens (primary N) is 1. The lowest BCUT2D eigenvalue weighted by Gasteiger charge is -2.13. The van der Waals surface area contributed by atoms with Gasteiger partial charge in [0.25, 0.3) is 5.91 Å². The number of carbonyl (C=O) groups is 1. The van der Waals surface area contributed by atoms with Crippen molar-refractivity contribution in [2.45, 2.75) is 52.0 Å². The van der Waals surface area contributed by atoms with Crippen LogP contribution in [0.3, 0.4) is 0 Å². The number of hydrogen-bond donors (Lipinski definition) is 2. The Labute approximate surface area is 131 Å². The molecule has 0 spiro atoms. The first-order valence-electron chi connectivity index (χ1n) is 6.80. The van der Waals surface area contributed by atoms with Crippen LogP contribution in [0.15, 0.2) is 0 Å². The minimum atomic E-state index is -0.0402. The highest BCUT2D eigenvalue weighted by Crippen LogP contribution is 2.31. The molecule has 1 saturated carbocycles. The van der Waals surface area contributed by atoms with E-state index < -0.39 is 0 Å². The second-order valence-electron chi connectivity index (χ2n) is 6.39. The summed E-state index contributed by atoms with van der Waals surface area (Å²) in [4.78, 5) is 17.4. The smallest absolute Gasteiger partial charge is 0.263 e. The highest BCUT2D eigenvalue weighted by atomic mass is 35.5. The molecular formula is C14H24ClN3OS. The second-order valence-corrected chi connectivity index (χ2v) is 7.39. The number of carbonyl (C=O) groups excluding carboxylic acids is 1. The molecule has 2 rings (SSSR count). The number of thiazole rings is 1. The summed E-state index contributed by atoms with van der Waals surface area (Å²) in [6.45, 7) is 8.77. The van der Waals surface area contributed by atoms with E-state index in [4.69, 9.17) is 5.73 Å². The van der Waals surface area contributed by atoms with Crippen molar-refractivity contribution >= 4 is 29.7 Å². The summed E-state index contributed by atoms with van der Waals surface area (Å²) in [6, 6.07) is 0.0965. The normalized spacial score (nSPS) is 16.4. The summed E-state index contributed by atoms with van der Waals surface area (Å²) < 4.78 is 0. The van der Waals surface area contributed by atoms with Crippen molar-refractivity contribution in [3.05, 3.63) is 15.6 Å². The molecular weight excluding hydrogens is 294 g/mol. The van der Waals surface area contributed by atoms with Gasteiger partial charge in [-0.3, -0.25) is 4.79 Å². The maximum Gasteiger partial charge on any atom is 0.263 e. The molecule has 1 fully saturated rings. The third-order valence-electron chi connectivity index (χ3n) is 3.37. The Morgan fingerprint density at radius 1 is 1.50 bits per heavy atom. The van der Waals surface area contributed by atoms with Gasteiger partial charge in [0.15, 0.2) is 0 Å². The number of aryl methyl sites for hydroxylation is 1. The Bertz CT molecular complexity index is 477. The van der Waals surface area contributed by atoms with Crippen LogP contribution in [0.2, 0.25) is 0 Å². The zero-order valence-electron chi connectivity index (χ0n) is 12.5. The fourth-order valence-corrected chi connectivity index (χ4v) is 2.95. The summed E-state index contributed by atoms with van der Waals surface area (Å²) in [7, 11) is 0. The van der Waals surface area contributed by atoms with Gasteiger partial charge >= 0.3 is 0 Å². The van der Waals surface area contributed by atoms with Gasteiger partial charge in [0, 0.05) is 18.0 Å². The number of halogens is 1. The van der Waals surface area contributed by atoms with Crippen molar-refractivity contribution in [2.75, 3.05) is 6.54 Å². The Morgan fingerprint density at radius 3 is 2.55 bits per heavy atom. The van der Waals surface area contributed by atoms with E-state index in [1.165, 1.54) is 24.2 Å². The zero-order chi connectivity index (χ0) is 14.2. The predicted molar refractivity (Wildman–Crippen MR) is 85.8 cm³/mol. The van der Waals surface area contributed by atoms with Crippen molar-refractivity contribution in [1.82, 2.24) is 10.3 Å². The van der Waals surface area contributed by atoms with Crippen LogP contribution in [0, 0.1) is 12.8 Å². The monoisotopic (exact) mass is 317 g/mol. The van der Waals surface area contributed by atoms with Gasteiger partial charge < -0.3 is 11.1 Å². The van der Waals surface area contributed by atoms with E-state index in [9.17, 15) is 4.79 Å². The first-order chi connectivity index (χ1) is 8.79. The van der Waals surface area contributed by atoms with Gasteiger partial charge in [-0.2, -0.15) is 0 Å². The SMILES string of the molecule is Cc1nc(C(C)(C)C)sc1C(=O)NCC(N)C1CC1.Cl. The average molecular weight is 318 g/mol. The standard InChI is InChI=1S/C14H23N3OS.ClH/c1-8-11(19-13(17-8)14(2,3)4)12(18)16-7-10(15)9-5-6-9;/h9-10H,5-7,15H2,1-4H3,(H,16,18);1H. The first-order valence-corrected chi connectivity index (χ1v) is 7.62. The number of amides is 1. The first kappa shape index (κ1) is 17.4. The highest BCUT2D eigenvalue weighted by molar-refractivity contribution is 7.14. The number of rotatable bonds is 4. The van der Waals surface area contributed by atoms with Gasteiger partial charge in [-0.15, -0.1) is 23.7 Å². The molecule has 3 N–H and O–H groups in total. The molecule has 0 saturated heterocycles. The van der Waals surface area contributed by atoms with E-state index in [0.717, 1.165) is 10.7 Å². The summed E-state index contributed by atoms with van der Waals surface area (Å²) in [5.41, 5.74) is 6.79. The van der Waals surface area contributed by atoms with Crippen LogP contribution in [0.1, 0.15) is 54.0 Å². The van der Waals surface area contributed by atoms with Crippen LogP contribution in [0.5, 0.6) is 0 Å². The quantitative estimate of drug-likeness (QED) is 0.897. The molecule has 1 unspecified atom stereocenters. The van der Waals surface area contributed by atoms with Gasteiger partial charge in [-0.25, -0.2) is 4.98 Å². The summed E-state index contributed by atoms with van der Waals surface area (Å²) in [5, 5.41) is 3.93. The van der Waals surface area contributed by atoms with Crippen molar-refractivity contribution in [2.24, 2.45) is 11.7 Å². The molecule has 0 aromatic carbocycles. The minimum absolute atomic E-state index is 0. The van der Waals surface area contributed by atoms with Crippen LogP contribution in [0.25, 0.3) is 0 Å². The fourth-order valence-electron chi connectivity index (χ4n) is 1.91. The maximum atomic E-state index is 12.2. The van der Waals surface area contributed by atoms with E-state index in [0.29, 0.717) is 17.3 Å². The second kappa shape index (κ2) is 6.41. The van der Waals surface area contributed by atoms with Crippen LogP contribution >= 0.6 is 23.7 Å². The Morgan fingerprint density at radius 2 is 2.10 bits per heavy atom. The molecule has 4 nitrogen and oxygen atoms in total. The largest absolute Gasteiger partial charge is 0.350 e. The Hall–Kier alpha value is -0.650. The molecule has 0 bridgehead atoms. The minimum Gasteiger partial charge on any atom is -0.350 e. The Kier molecular flexibility index (Phi) is 5.58. The molecule has 0 radical (unpaired) electrons. The van der Waals surface area contributed by atoms with Crippen LogP contribution in [-0.4, -0.2) is 23.5 Å². The maximum absolute atomic E-state index is 12.2. The highest BCUT2D eigenvalue weighted by Gasteiger charge is 2.29. The number of nitrogens with zero attached hydrogens (tertiary/aromatic N) is 1. The topological polar surface area (TPSA) is 68.0 Å². The molecule has 114 valence electrons. The van der Waals surface area contributed by atoms with E-state index >= 15 is 0 Å². The average Bonchev–Trinajstić information content (AvgIpc) is 3.07. The van der Waals surface area contributed by atoms with E-state index in [2.05, 4.69) is 31.1 Å². The van der Waals surface area contributed by atoms with Gasteiger partial charge in [0.1, 0.15) is 4.88 Å². The van der Waals surface area contributed by atoms with Gasteiger partial charge in [0.05, 0.1) is 10.7 Å². The van der Waals surface area contributed by atoms with Crippen molar-refractivity contribution in [1.29, 1.82) is 0 Å². The lowest BCUT2D eigenvalue weighted by molar-refractivity contribution is 0.0953. The van der Waals surface area contributed by atoms with E-state index in [1.54, 1.807) is 0 Å². The summed E-state index contributed by atoms with van der Waals surface area (Å²) in [5.74, 6) is 0.564. The predicted octanol–water partition coefficient (Wildman–Crippen LogP) is 2.64. The van der Waals surface area contributed by atoms with Crippen LogP contribution in [-0.2, 0) is 5.41 Å². The van der Waals surface area contributed by atoms with Gasteiger partial charge in [-0.05, 0) is 25.7 Å². The molecule has 1 aliphatic carbocycles. The molecule has 20 heavy (non-hydrogen) atoms. The zero-order valence-corrected chi connectivity index (χ0v) is 14.2. The van der Waals surface area contributed by atoms with Crippen LogP contribution in [0.4, 0.5) is 0 Å². The van der Waals surface area contributed by atoms with Crippen molar-refractivity contribution in [3.8, 4) is 0 Å². The Balaban J connectivity index is 0.00000200. The number of aromatic nitrogens is 1. The molecule has 1 aliphatic rings. The molecule has 6 heteroatoms. The lowest BCUT2D eigenvalue weighted by atomic mass is 9.98. The summed E-state index contributed by atoms with van der Waals surface area (Å²) >= 11 is 1.49. The van der Waals surface area contributed by atoms with Crippen LogP contribution < -0.4 is 11.1 Å².